The van der Waals surface area contributed by atoms with Crippen LogP contribution < -0.4 is 11.1 Å². The molecule has 92 valence electrons. The molecule has 1 aliphatic heterocycles. The summed E-state index contributed by atoms with van der Waals surface area (Å²) in [5.74, 6) is 0.313. The molecule has 0 radical (unpaired) electrons. The molecule has 16 heavy (non-hydrogen) atoms. The molecular weight excluding hydrogens is 208 g/mol. The van der Waals surface area contributed by atoms with Crippen LogP contribution in [0.25, 0.3) is 0 Å². The topological polar surface area (TPSA) is 79.9 Å². The van der Waals surface area contributed by atoms with E-state index in [0.29, 0.717) is 32.3 Å². The van der Waals surface area contributed by atoms with E-state index < -0.39 is 0 Å². The molecule has 6 nitrogen and oxygen atoms in total. The van der Waals surface area contributed by atoms with Gasteiger partial charge in [0, 0.05) is 19.1 Å². The van der Waals surface area contributed by atoms with Crippen molar-refractivity contribution in [2.75, 3.05) is 32.8 Å². The average Bonchev–Trinajstić information content (AvgIpc) is 2.26. The summed E-state index contributed by atoms with van der Waals surface area (Å²) in [5.41, 5.74) is 5.60. The van der Waals surface area contributed by atoms with Crippen molar-refractivity contribution in [3.05, 3.63) is 0 Å². The van der Waals surface area contributed by atoms with Crippen molar-refractivity contribution < 1.29 is 9.53 Å². The van der Waals surface area contributed by atoms with Gasteiger partial charge in [-0.2, -0.15) is 0 Å². The molecule has 0 aliphatic carbocycles. The molecule has 6 heteroatoms. The van der Waals surface area contributed by atoms with Gasteiger partial charge in [-0.1, -0.05) is 0 Å². The van der Waals surface area contributed by atoms with Gasteiger partial charge in [0.05, 0.1) is 13.2 Å². The summed E-state index contributed by atoms with van der Waals surface area (Å²) in [6, 6.07) is 0.224. The van der Waals surface area contributed by atoms with Gasteiger partial charge in [0.25, 0.3) is 0 Å². The summed E-state index contributed by atoms with van der Waals surface area (Å²) >= 11 is 0. The molecule has 0 bridgehead atoms. The zero-order valence-electron chi connectivity index (χ0n) is 9.90. The van der Waals surface area contributed by atoms with E-state index in [1.54, 1.807) is 4.90 Å². The Kier molecular flexibility index (Phi) is 5.04. The van der Waals surface area contributed by atoms with Crippen LogP contribution in [0.4, 0.5) is 0 Å². The number of hydrogen-bond acceptors (Lipinski definition) is 3. The van der Waals surface area contributed by atoms with Crippen LogP contribution in [0.3, 0.4) is 0 Å². The molecule has 1 rings (SSSR count). The lowest BCUT2D eigenvalue weighted by Crippen LogP contribution is -2.43. The first-order chi connectivity index (χ1) is 7.59. The van der Waals surface area contributed by atoms with Gasteiger partial charge < -0.3 is 20.7 Å². The number of guanidine groups is 1. The zero-order chi connectivity index (χ0) is 12.0. The number of ether oxygens (including phenoxy) is 1. The third-order valence-electron chi connectivity index (χ3n) is 2.19. The van der Waals surface area contributed by atoms with E-state index in [9.17, 15) is 4.79 Å². The van der Waals surface area contributed by atoms with Crippen molar-refractivity contribution in [3.63, 3.8) is 0 Å². The van der Waals surface area contributed by atoms with Crippen LogP contribution in [0, 0.1) is 0 Å². The number of carbonyl (C=O) groups is 1. The van der Waals surface area contributed by atoms with Crippen LogP contribution >= 0.6 is 0 Å². The fourth-order valence-corrected chi connectivity index (χ4v) is 1.41. The van der Waals surface area contributed by atoms with E-state index in [1.165, 1.54) is 0 Å². The lowest BCUT2D eigenvalue weighted by Gasteiger charge is -2.26. The van der Waals surface area contributed by atoms with Gasteiger partial charge in [-0.25, -0.2) is 4.99 Å². The van der Waals surface area contributed by atoms with Crippen LogP contribution in [-0.4, -0.2) is 55.7 Å². The maximum Gasteiger partial charge on any atom is 0.244 e. The first-order valence-electron chi connectivity index (χ1n) is 5.51. The number of hydrogen-bond donors (Lipinski definition) is 2. The fourth-order valence-electron chi connectivity index (χ4n) is 1.41. The van der Waals surface area contributed by atoms with Gasteiger partial charge in [-0.05, 0) is 13.8 Å². The molecule has 1 heterocycles. The summed E-state index contributed by atoms with van der Waals surface area (Å²) in [5, 5.41) is 2.93. The van der Waals surface area contributed by atoms with Gasteiger partial charge in [0.1, 0.15) is 6.54 Å². The van der Waals surface area contributed by atoms with E-state index in [2.05, 4.69) is 10.3 Å². The lowest BCUT2D eigenvalue weighted by molar-refractivity contribution is -0.133. The zero-order valence-corrected chi connectivity index (χ0v) is 9.90. The minimum absolute atomic E-state index is 0.00296. The van der Waals surface area contributed by atoms with Gasteiger partial charge >= 0.3 is 0 Å². The van der Waals surface area contributed by atoms with Crippen molar-refractivity contribution in [1.29, 1.82) is 0 Å². The van der Waals surface area contributed by atoms with E-state index in [0.717, 1.165) is 0 Å². The maximum atomic E-state index is 11.7. The van der Waals surface area contributed by atoms with E-state index >= 15 is 0 Å². The number of carbonyl (C=O) groups excluding carboxylic acids is 1. The fraction of sp³-hybridized carbons (Fsp3) is 0.800. The molecule has 0 aromatic rings. The Morgan fingerprint density at radius 3 is 2.69 bits per heavy atom. The Labute approximate surface area is 95.8 Å². The lowest BCUT2D eigenvalue weighted by atomic mass is 10.4. The Morgan fingerprint density at radius 2 is 2.12 bits per heavy atom. The van der Waals surface area contributed by atoms with Gasteiger partial charge in [-0.15, -0.1) is 0 Å². The number of rotatable bonds is 3. The van der Waals surface area contributed by atoms with Crippen LogP contribution in [-0.2, 0) is 9.53 Å². The molecule has 0 saturated carbocycles. The SMILES string of the molecule is CC(C)NC(N)=NCC(=O)N1CCOCC1. The van der Waals surface area contributed by atoms with E-state index in [-0.39, 0.29) is 18.5 Å². The van der Waals surface area contributed by atoms with Crippen LogP contribution in [0.1, 0.15) is 13.8 Å². The second kappa shape index (κ2) is 6.32. The first-order valence-corrected chi connectivity index (χ1v) is 5.51. The van der Waals surface area contributed by atoms with Crippen molar-refractivity contribution in [3.8, 4) is 0 Å². The van der Waals surface area contributed by atoms with Gasteiger partial charge in [0.15, 0.2) is 5.96 Å². The maximum absolute atomic E-state index is 11.7. The predicted octanol–water partition coefficient (Wildman–Crippen LogP) is -0.842. The van der Waals surface area contributed by atoms with Crippen LogP contribution in [0.2, 0.25) is 0 Å². The molecule has 0 spiro atoms. The number of nitrogens with zero attached hydrogens (tertiary/aromatic N) is 2. The molecule has 3 N–H and O–H groups in total. The summed E-state index contributed by atoms with van der Waals surface area (Å²) in [6.45, 7) is 6.53. The first kappa shape index (κ1) is 12.8. The highest BCUT2D eigenvalue weighted by atomic mass is 16.5. The van der Waals surface area contributed by atoms with Gasteiger partial charge in [-0.3, -0.25) is 4.79 Å². The summed E-state index contributed by atoms with van der Waals surface area (Å²) in [4.78, 5) is 17.4. The molecule has 1 saturated heterocycles. The molecule has 0 aromatic carbocycles. The molecule has 0 unspecified atom stereocenters. The molecule has 1 fully saturated rings. The highest BCUT2D eigenvalue weighted by Crippen LogP contribution is 1.97. The van der Waals surface area contributed by atoms with Crippen molar-refractivity contribution in [2.24, 2.45) is 10.7 Å². The van der Waals surface area contributed by atoms with E-state index in [1.807, 2.05) is 13.8 Å². The number of morpholine rings is 1. The number of amides is 1. The summed E-state index contributed by atoms with van der Waals surface area (Å²) in [7, 11) is 0. The quantitative estimate of drug-likeness (QED) is 0.487. The largest absolute Gasteiger partial charge is 0.378 e. The minimum atomic E-state index is -0.00296. The Hall–Kier alpha value is -1.30. The normalized spacial score (nSPS) is 17.7. The highest BCUT2D eigenvalue weighted by Gasteiger charge is 2.15. The standard InChI is InChI=1S/C10H20N4O2/c1-8(2)13-10(11)12-7-9(15)14-3-5-16-6-4-14/h8H,3-7H2,1-2H3,(H3,11,12,13). The van der Waals surface area contributed by atoms with Crippen LogP contribution in [0.15, 0.2) is 4.99 Å². The minimum Gasteiger partial charge on any atom is -0.378 e. The van der Waals surface area contributed by atoms with Crippen molar-refractivity contribution >= 4 is 11.9 Å². The highest BCUT2D eigenvalue weighted by molar-refractivity contribution is 5.84. The Balaban J connectivity index is 2.32. The van der Waals surface area contributed by atoms with Gasteiger partial charge in [0.2, 0.25) is 5.91 Å². The van der Waals surface area contributed by atoms with Crippen molar-refractivity contribution in [2.45, 2.75) is 19.9 Å². The third kappa shape index (κ3) is 4.48. The molecule has 0 aromatic heterocycles. The summed E-state index contributed by atoms with van der Waals surface area (Å²) in [6.07, 6.45) is 0. The number of aliphatic imine (C=N–C) groups is 1. The molecule has 0 atom stereocenters. The Morgan fingerprint density at radius 1 is 1.50 bits per heavy atom. The number of nitrogens with two attached hydrogens (primary N) is 1. The predicted molar refractivity (Wildman–Crippen MR) is 62.2 cm³/mol. The second-order valence-electron chi connectivity index (χ2n) is 3.99. The summed E-state index contributed by atoms with van der Waals surface area (Å²) < 4.78 is 5.16. The second-order valence-corrected chi connectivity index (χ2v) is 3.99. The van der Waals surface area contributed by atoms with Crippen molar-refractivity contribution in [1.82, 2.24) is 10.2 Å². The van der Waals surface area contributed by atoms with Crippen LogP contribution in [0.5, 0.6) is 0 Å². The van der Waals surface area contributed by atoms with E-state index in [4.69, 9.17) is 10.5 Å². The molecule has 1 amide bonds. The monoisotopic (exact) mass is 228 g/mol. The average molecular weight is 228 g/mol. The molecule has 1 aliphatic rings. The Bertz CT molecular complexity index is 260. The smallest absolute Gasteiger partial charge is 0.244 e. The molecular formula is C10H20N4O2. The number of nitrogens with one attached hydrogen (secondary N) is 1. The third-order valence-corrected chi connectivity index (χ3v) is 2.19.